The zero-order chi connectivity index (χ0) is 0. The Balaban J connectivity index is 0. The van der Waals surface area contributed by atoms with Gasteiger partial charge in [0.1, 0.15) is 0 Å². The summed E-state index contributed by atoms with van der Waals surface area (Å²) in [6.07, 6.45) is 0. The number of thiol groups is 3. The minimum Gasteiger partial charge on any atom is -0.813 e. The first-order chi connectivity index (χ1) is 0. The van der Waals surface area contributed by atoms with Gasteiger partial charge in [-0.05, 0) is 0 Å². The van der Waals surface area contributed by atoms with Crippen molar-refractivity contribution in [2.45, 2.75) is 0 Å². The van der Waals surface area contributed by atoms with Gasteiger partial charge in [0.15, 0.2) is 0 Å². The minimum atomic E-state index is 0. The predicted molar refractivity (Wildman–Crippen MR) is 26.3 cm³/mol. The van der Waals surface area contributed by atoms with Crippen LogP contribution in [-0.4, -0.2) is 0 Å². The molecule has 0 spiro atoms. The molecule has 0 saturated heterocycles. The van der Waals surface area contributed by atoms with Crippen molar-refractivity contribution in [3.05, 3.63) is 0 Å². The van der Waals surface area contributed by atoms with Gasteiger partial charge in [0, 0.05) is 0 Å². The van der Waals surface area contributed by atoms with Gasteiger partial charge in [-0.25, -0.2) is 0 Å². The average molecular weight is 296 g/mol. The Labute approximate surface area is 62.6 Å². The fourth-order valence-corrected chi connectivity index (χ4v) is 0. The standard InChI is InChI=1S/Au.3H2S/h;3*1H2/q+3;;;/p-3. The van der Waals surface area contributed by atoms with Gasteiger partial charge in [0.25, 0.3) is 0 Å². The molecule has 0 aromatic carbocycles. The first-order valence-corrected chi connectivity index (χ1v) is 0. The minimum absolute atomic E-state index is 0. The first-order valence-electron chi connectivity index (χ1n) is 0. The van der Waals surface area contributed by atoms with E-state index in [-0.39, 0.29) is 62.9 Å². The van der Waals surface area contributed by atoms with Crippen LogP contribution in [0.15, 0.2) is 0 Å². The monoisotopic (exact) mass is 296 g/mol. The molecule has 4 heavy (non-hydrogen) atoms. The van der Waals surface area contributed by atoms with Crippen LogP contribution in [0.5, 0.6) is 0 Å². The number of rotatable bonds is 0. The maximum absolute atomic E-state index is 0. The largest absolute Gasteiger partial charge is 3.00 e. The van der Waals surface area contributed by atoms with E-state index < -0.39 is 0 Å². The van der Waals surface area contributed by atoms with Gasteiger partial charge in [-0.15, -0.1) is 0 Å². The van der Waals surface area contributed by atoms with Gasteiger partial charge in [0.2, 0.25) is 0 Å². The summed E-state index contributed by atoms with van der Waals surface area (Å²) in [7, 11) is 0. The van der Waals surface area contributed by atoms with E-state index in [4.69, 9.17) is 0 Å². The van der Waals surface area contributed by atoms with Crippen molar-refractivity contribution in [1.82, 2.24) is 0 Å². The molecular formula is H3AuS3. The Bertz CT molecular complexity index is 3.25. The molecule has 0 aromatic heterocycles. The number of hydrogen-bond donors (Lipinski definition) is 0. The van der Waals surface area contributed by atoms with Crippen molar-refractivity contribution < 1.29 is 22.4 Å². The van der Waals surface area contributed by atoms with Crippen molar-refractivity contribution >= 4 is 40.5 Å². The van der Waals surface area contributed by atoms with Gasteiger partial charge >= 0.3 is 22.4 Å². The Kier molecular flexibility index (Phi) is 223. The van der Waals surface area contributed by atoms with Crippen LogP contribution in [0.4, 0.5) is 0 Å². The van der Waals surface area contributed by atoms with Crippen molar-refractivity contribution in [2.24, 2.45) is 0 Å². The fourth-order valence-electron chi connectivity index (χ4n) is 0. The summed E-state index contributed by atoms with van der Waals surface area (Å²) in [6, 6.07) is 0. The molecule has 0 aliphatic heterocycles. The molecule has 0 bridgehead atoms. The van der Waals surface area contributed by atoms with E-state index >= 15 is 0 Å². The van der Waals surface area contributed by atoms with Crippen molar-refractivity contribution in [3.8, 4) is 0 Å². The average Bonchev–Trinajstić information content (AvgIpc) is 0. The van der Waals surface area contributed by atoms with E-state index in [1.165, 1.54) is 0 Å². The Morgan fingerprint density at radius 1 is 0.500 bits per heavy atom. The van der Waals surface area contributed by atoms with E-state index in [1.54, 1.807) is 0 Å². The van der Waals surface area contributed by atoms with Crippen LogP contribution in [0, 0.1) is 0 Å². The zero-order valence-electron chi connectivity index (χ0n) is 1.64. The molecule has 0 radical (unpaired) electrons. The predicted octanol–water partition coefficient (Wildman–Crippen LogP) is -0.813. The van der Waals surface area contributed by atoms with Crippen LogP contribution in [0.2, 0.25) is 0 Å². The third kappa shape index (κ3) is 9.21. The summed E-state index contributed by atoms with van der Waals surface area (Å²) in [6.45, 7) is 0. The second-order valence-corrected chi connectivity index (χ2v) is 0. The van der Waals surface area contributed by atoms with Crippen LogP contribution < -0.4 is 0 Å². The molecule has 0 N–H and O–H groups in total. The van der Waals surface area contributed by atoms with Crippen LogP contribution in [0.3, 0.4) is 0 Å². The van der Waals surface area contributed by atoms with Gasteiger partial charge in [-0.3, -0.25) is 0 Å². The maximum atomic E-state index is 0. The molecule has 0 aromatic rings. The third-order valence-electron chi connectivity index (χ3n) is 0. The van der Waals surface area contributed by atoms with E-state index in [0.717, 1.165) is 0 Å². The van der Waals surface area contributed by atoms with Crippen molar-refractivity contribution in [3.63, 3.8) is 0 Å². The summed E-state index contributed by atoms with van der Waals surface area (Å²) in [5, 5.41) is 0. The summed E-state index contributed by atoms with van der Waals surface area (Å²) in [5.41, 5.74) is 0. The van der Waals surface area contributed by atoms with Crippen LogP contribution in [-0.2, 0) is 62.9 Å². The summed E-state index contributed by atoms with van der Waals surface area (Å²) < 4.78 is 0. The second-order valence-electron chi connectivity index (χ2n) is 0. The smallest absolute Gasteiger partial charge is 0.813 e. The molecule has 0 rings (SSSR count). The van der Waals surface area contributed by atoms with Crippen molar-refractivity contribution in [2.75, 3.05) is 0 Å². The molecule has 0 nitrogen and oxygen atoms in total. The first kappa shape index (κ1) is 41.5. The molecule has 0 aliphatic carbocycles. The molecule has 0 aliphatic rings. The Morgan fingerprint density at radius 2 is 0.500 bits per heavy atom. The molecule has 0 heterocycles. The van der Waals surface area contributed by atoms with Crippen LogP contribution in [0.1, 0.15) is 0 Å². The molecule has 32 valence electrons. The Hall–Kier alpha value is 1.79. The SMILES string of the molecule is [Au+3].[SH-].[SH-].[SH-]. The van der Waals surface area contributed by atoms with E-state index in [0.29, 0.717) is 0 Å². The van der Waals surface area contributed by atoms with E-state index in [9.17, 15) is 0 Å². The number of hydrogen-bond acceptors (Lipinski definition) is 3. The van der Waals surface area contributed by atoms with E-state index in [2.05, 4.69) is 0 Å². The molecular weight excluding hydrogens is 293 g/mol. The second kappa shape index (κ2) is 21.5. The summed E-state index contributed by atoms with van der Waals surface area (Å²) in [5.74, 6) is 0. The third-order valence-corrected chi connectivity index (χ3v) is 0. The molecule has 0 fully saturated rings. The zero-order valence-corrected chi connectivity index (χ0v) is 6.49. The topological polar surface area (TPSA) is 0 Å². The van der Waals surface area contributed by atoms with Crippen LogP contribution in [0.25, 0.3) is 0 Å². The molecule has 0 saturated carbocycles. The Morgan fingerprint density at radius 3 is 0.500 bits per heavy atom. The van der Waals surface area contributed by atoms with Crippen molar-refractivity contribution in [1.29, 1.82) is 0 Å². The normalized spacial score (nSPS) is 0. The molecule has 0 amide bonds. The molecule has 0 atom stereocenters. The quantitative estimate of drug-likeness (QED) is 0.326. The van der Waals surface area contributed by atoms with Crippen LogP contribution >= 0.6 is 0 Å². The fraction of sp³-hybridized carbons (Fsp3) is 0. The molecule has 4 heteroatoms. The maximum Gasteiger partial charge on any atom is 3.00 e. The summed E-state index contributed by atoms with van der Waals surface area (Å²) >= 11 is 0. The summed E-state index contributed by atoms with van der Waals surface area (Å²) in [4.78, 5) is 0. The van der Waals surface area contributed by atoms with Gasteiger partial charge < -0.3 is 40.5 Å². The molecule has 0 unspecified atom stereocenters. The van der Waals surface area contributed by atoms with Gasteiger partial charge in [-0.1, -0.05) is 0 Å². The van der Waals surface area contributed by atoms with Gasteiger partial charge in [-0.2, -0.15) is 0 Å². The van der Waals surface area contributed by atoms with E-state index in [1.807, 2.05) is 0 Å². The van der Waals surface area contributed by atoms with Gasteiger partial charge in [0.05, 0.1) is 0 Å².